The minimum Gasteiger partial charge on any atom is -0.271 e. The molecule has 0 aromatic heterocycles. The molecule has 2 aromatic carbocycles. The average molecular weight is 284 g/mol. The summed E-state index contributed by atoms with van der Waals surface area (Å²) < 4.78 is 53.3. The van der Waals surface area contributed by atoms with Gasteiger partial charge in [0.05, 0.1) is 6.04 Å². The Morgan fingerprint density at radius 2 is 1.60 bits per heavy atom. The largest absolute Gasteiger partial charge is 0.271 e. The zero-order valence-electron chi connectivity index (χ0n) is 10.3. The Morgan fingerprint density at radius 3 is 2.15 bits per heavy atom. The Hall–Kier alpha value is -1.92. The molecule has 1 unspecified atom stereocenters. The molecule has 0 saturated carbocycles. The quantitative estimate of drug-likeness (QED) is 0.514. The maximum atomic E-state index is 13.7. The highest BCUT2D eigenvalue weighted by Gasteiger charge is 2.21. The first-order valence-corrected chi connectivity index (χ1v) is 5.86. The van der Waals surface area contributed by atoms with Gasteiger partial charge in [-0.2, -0.15) is 0 Å². The van der Waals surface area contributed by atoms with Gasteiger partial charge in [0.1, 0.15) is 23.3 Å². The summed E-state index contributed by atoms with van der Waals surface area (Å²) in [6.07, 6.45) is 0.0632. The summed E-state index contributed by atoms with van der Waals surface area (Å²) in [5.41, 5.74) is 2.40. The van der Waals surface area contributed by atoms with E-state index in [1.807, 2.05) is 0 Å². The van der Waals surface area contributed by atoms with E-state index in [9.17, 15) is 17.6 Å². The third-order valence-corrected chi connectivity index (χ3v) is 2.92. The van der Waals surface area contributed by atoms with Gasteiger partial charge < -0.3 is 0 Å². The zero-order valence-corrected chi connectivity index (χ0v) is 10.3. The molecular weight excluding hydrogens is 272 g/mol. The number of hydrogen-bond acceptors (Lipinski definition) is 2. The number of nitrogens with two attached hydrogens (primary N) is 1. The van der Waals surface area contributed by atoms with Crippen LogP contribution < -0.4 is 11.3 Å². The van der Waals surface area contributed by atoms with Gasteiger partial charge in [0.15, 0.2) is 0 Å². The molecule has 0 aliphatic carbocycles. The van der Waals surface area contributed by atoms with Crippen LogP contribution in [-0.4, -0.2) is 0 Å². The molecule has 0 spiro atoms. The van der Waals surface area contributed by atoms with Crippen molar-refractivity contribution >= 4 is 0 Å². The molecule has 0 aliphatic rings. The van der Waals surface area contributed by atoms with Gasteiger partial charge in [0.2, 0.25) is 0 Å². The summed E-state index contributed by atoms with van der Waals surface area (Å²) in [4.78, 5) is 0. The SMILES string of the molecule is NNC(Cc1cccc(F)c1)c1c(F)cc(F)cc1F. The molecule has 1 atom stereocenters. The fraction of sp³-hybridized carbons (Fsp3) is 0.143. The van der Waals surface area contributed by atoms with E-state index in [2.05, 4.69) is 5.43 Å². The lowest BCUT2D eigenvalue weighted by Crippen LogP contribution is -2.31. The molecule has 0 bridgehead atoms. The summed E-state index contributed by atoms with van der Waals surface area (Å²) in [6.45, 7) is 0. The number of rotatable bonds is 4. The summed E-state index contributed by atoms with van der Waals surface area (Å²) in [5.74, 6) is 1.75. The van der Waals surface area contributed by atoms with E-state index in [0.717, 1.165) is 0 Å². The molecule has 0 heterocycles. The Morgan fingerprint density at radius 1 is 0.950 bits per heavy atom. The molecule has 20 heavy (non-hydrogen) atoms. The van der Waals surface area contributed by atoms with Crippen LogP contribution in [0.5, 0.6) is 0 Å². The van der Waals surface area contributed by atoms with E-state index in [1.54, 1.807) is 6.07 Å². The fourth-order valence-corrected chi connectivity index (χ4v) is 2.03. The van der Waals surface area contributed by atoms with Crippen molar-refractivity contribution in [2.45, 2.75) is 12.5 Å². The zero-order chi connectivity index (χ0) is 14.7. The van der Waals surface area contributed by atoms with Gasteiger partial charge in [0, 0.05) is 17.7 Å². The van der Waals surface area contributed by atoms with Crippen LogP contribution in [0.1, 0.15) is 17.2 Å². The van der Waals surface area contributed by atoms with Crippen LogP contribution in [0.3, 0.4) is 0 Å². The minimum atomic E-state index is -1.04. The van der Waals surface area contributed by atoms with Crippen molar-refractivity contribution in [1.82, 2.24) is 5.43 Å². The highest BCUT2D eigenvalue weighted by Crippen LogP contribution is 2.24. The molecule has 0 amide bonds. The topological polar surface area (TPSA) is 38.0 Å². The summed E-state index contributed by atoms with van der Waals surface area (Å²) in [6, 6.07) is 5.81. The van der Waals surface area contributed by atoms with Crippen LogP contribution in [0.15, 0.2) is 36.4 Å². The molecule has 2 aromatic rings. The molecular formula is C14H12F4N2. The molecule has 2 nitrogen and oxygen atoms in total. The van der Waals surface area contributed by atoms with Gasteiger partial charge in [-0.05, 0) is 24.1 Å². The lowest BCUT2D eigenvalue weighted by atomic mass is 9.98. The van der Waals surface area contributed by atoms with Crippen molar-refractivity contribution in [3.05, 3.63) is 70.8 Å². The van der Waals surface area contributed by atoms with Gasteiger partial charge in [-0.1, -0.05) is 12.1 Å². The Kier molecular flexibility index (Phi) is 4.36. The standard InChI is InChI=1S/C14H12F4N2/c15-9-3-1-2-8(4-9)5-13(20-19)14-11(17)6-10(16)7-12(14)18/h1-4,6-7,13,20H,5,19H2. The molecule has 0 radical (unpaired) electrons. The molecule has 2 rings (SSSR count). The van der Waals surface area contributed by atoms with E-state index >= 15 is 0 Å². The maximum absolute atomic E-state index is 13.7. The second-order valence-electron chi connectivity index (χ2n) is 4.34. The summed E-state index contributed by atoms with van der Waals surface area (Å²) in [7, 11) is 0. The van der Waals surface area contributed by atoms with Crippen molar-refractivity contribution in [3.63, 3.8) is 0 Å². The average Bonchev–Trinajstić information content (AvgIpc) is 2.36. The molecule has 3 N–H and O–H groups in total. The van der Waals surface area contributed by atoms with Crippen molar-refractivity contribution < 1.29 is 17.6 Å². The second-order valence-corrected chi connectivity index (χ2v) is 4.34. The van der Waals surface area contributed by atoms with E-state index in [0.29, 0.717) is 17.7 Å². The molecule has 0 aliphatic heterocycles. The smallest absolute Gasteiger partial charge is 0.133 e. The first-order valence-electron chi connectivity index (χ1n) is 5.86. The number of hydrogen-bond donors (Lipinski definition) is 2. The third kappa shape index (κ3) is 3.15. The monoisotopic (exact) mass is 284 g/mol. The number of nitrogens with one attached hydrogen (secondary N) is 1. The van der Waals surface area contributed by atoms with Crippen LogP contribution in [0.25, 0.3) is 0 Å². The molecule has 106 valence electrons. The number of hydrazine groups is 1. The van der Waals surface area contributed by atoms with Crippen LogP contribution in [0, 0.1) is 23.3 Å². The van der Waals surface area contributed by atoms with E-state index in [-0.39, 0.29) is 12.0 Å². The van der Waals surface area contributed by atoms with Crippen molar-refractivity contribution in [3.8, 4) is 0 Å². The van der Waals surface area contributed by atoms with E-state index in [4.69, 9.17) is 5.84 Å². The van der Waals surface area contributed by atoms with Gasteiger partial charge >= 0.3 is 0 Å². The Bertz CT molecular complexity index is 593. The van der Waals surface area contributed by atoms with Crippen LogP contribution in [0.4, 0.5) is 17.6 Å². The first kappa shape index (κ1) is 14.5. The minimum absolute atomic E-state index is 0.0632. The maximum Gasteiger partial charge on any atom is 0.133 e. The summed E-state index contributed by atoms with van der Waals surface area (Å²) >= 11 is 0. The highest BCUT2D eigenvalue weighted by molar-refractivity contribution is 5.27. The third-order valence-electron chi connectivity index (χ3n) is 2.92. The van der Waals surface area contributed by atoms with Crippen LogP contribution in [-0.2, 0) is 6.42 Å². The first-order chi connectivity index (χ1) is 9.51. The van der Waals surface area contributed by atoms with Gasteiger partial charge in [-0.3, -0.25) is 11.3 Å². The fourth-order valence-electron chi connectivity index (χ4n) is 2.03. The van der Waals surface area contributed by atoms with E-state index < -0.39 is 29.3 Å². The van der Waals surface area contributed by atoms with Crippen LogP contribution in [0.2, 0.25) is 0 Å². The Labute approximate surface area is 113 Å². The lowest BCUT2D eigenvalue weighted by molar-refractivity contribution is 0.461. The predicted octanol–water partition coefficient (Wildman–Crippen LogP) is 2.99. The molecule has 0 saturated heterocycles. The second kappa shape index (κ2) is 6.02. The summed E-state index contributed by atoms with van der Waals surface area (Å²) in [5, 5.41) is 0. The Balaban J connectivity index is 2.34. The normalized spacial score (nSPS) is 12.4. The highest BCUT2D eigenvalue weighted by atomic mass is 19.1. The number of benzene rings is 2. The van der Waals surface area contributed by atoms with Gasteiger partial charge in [-0.15, -0.1) is 0 Å². The predicted molar refractivity (Wildman–Crippen MR) is 66.5 cm³/mol. The number of halogens is 4. The van der Waals surface area contributed by atoms with Crippen LogP contribution >= 0.6 is 0 Å². The molecule has 6 heteroatoms. The van der Waals surface area contributed by atoms with Crippen molar-refractivity contribution in [2.24, 2.45) is 5.84 Å². The van der Waals surface area contributed by atoms with E-state index in [1.165, 1.54) is 18.2 Å². The van der Waals surface area contributed by atoms with Gasteiger partial charge in [0.25, 0.3) is 0 Å². The van der Waals surface area contributed by atoms with Crippen molar-refractivity contribution in [2.75, 3.05) is 0 Å². The molecule has 0 fully saturated rings. The van der Waals surface area contributed by atoms with Crippen molar-refractivity contribution in [1.29, 1.82) is 0 Å². The van der Waals surface area contributed by atoms with Gasteiger partial charge in [-0.25, -0.2) is 17.6 Å². The lowest BCUT2D eigenvalue weighted by Gasteiger charge is -2.18.